The highest BCUT2D eigenvalue weighted by Crippen LogP contribution is 2.28. The molecule has 0 aromatic heterocycles. The molecule has 23 heavy (non-hydrogen) atoms. The zero-order valence-corrected chi connectivity index (χ0v) is 13.5. The maximum absolute atomic E-state index is 12.2. The van der Waals surface area contributed by atoms with E-state index >= 15 is 0 Å². The van der Waals surface area contributed by atoms with E-state index < -0.39 is 33.2 Å². The second-order valence-electron chi connectivity index (χ2n) is 4.30. The lowest BCUT2D eigenvalue weighted by molar-refractivity contribution is -0.120. The van der Waals surface area contributed by atoms with Crippen LogP contribution in [0.15, 0.2) is 24.3 Å². The first-order chi connectivity index (χ1) is 10.4. The maximum atomic E-state index is 12.2. The molecule has 0 fully saturated rings. The van der Waals surface area contributed by atoms with E-state index in [1.54, 1.807) is 0 Å². The van der Waals surface area contributed by atoms with E-state index in [9.17, 15) is 26.4 Å². The first-order valence-electron chi connectivity index (χ1n) is 5.94. The lowest BCUT2D eigenvalue weighted by Crippen LogP contribution is -2.28. The van der Waals surface area contributed by atoms with E-state index in [1.165, 1.54) is 26.1 Å². The van der Waals surface area contributed by atoms with Crippen LogP contribution in [0, 0.1) is 0 Å². The summed E-state index contributed by atoms with van der Waals surface area (Å²) in [7, 11) is -4.44. The normalized spacial score (nSPS) is 13.7. The molecule has 0 bridgehead atoms. The van der Waals surface area contributed by atoms with Gasteiger partial charge in [-0.1, -0.05) is 12.1 Å². The summed E-state index contributed by atoms with van der Waals surface area (Å²) >= 11 is 0.636. The van der Waals surface area contributed by atoms with Gasteiger partial charge in [0.2, 0.25) is 5.91 Å². The van der Waals surface area contributed by atoms with Gasteiger partial charge in [0, 0.05) is 7.05 Å². The summed E-state index contributed by atoms with van der Waals surface area (Å²) in [4.78, 5) is 11.7. The third-order valence-corrected chi connectivity index (χ3v) is 4.08. The summed E-state index contributed by atoms with van der Waals surface area (Å²) < 4.78 is 65.2. The lowest BCUT2D eigenvalue weighted by Gasteiger charge is -2.14. The van der Waals surface area contributed by atoms with Crippen LogP contribution in [0.1, 0.15) is 18.4 Å². The van der Waals surface area contributed by atoms with Crippen molar-refractivity contribution in [2.45, 2.75) is 18.3 Å². The van der Waals surface area contributed by atoms with Crippen molar-refractivity contribution in [1.82, 2.24) is 9.19 Å². The van der Waals surface area contributed by atoms with E-state index in [0.717, 1.165) is 12.1 Å². The van der Waals surface area contributed by atoms with Crippen LogP contribution in [-0.2, 0) is 14.9 Å². The van der Waals surface area contributed by atoms with Crippen LogP contribution >= 0.6 is 12.1 Å². The van der Waals surface area contributed by atoms with Crippen molar-refractivity contribution in [3.63, 3.8) is 0 Å². The number of hydrogen-bond acceptors (Lipinski definition) is 7. The highest BCUT2D eigenvalue weighted by Gasteiger charge is 2.48. The zero-order chi connectivity index (χ0) is 17.8. The number of carbonyl (C=O) groups excluding carboxylic acids is 1. The van der Waals surface area contributed by atoms with Crippen molar-refractivity contribution in [2.24, 2.45) is 0 Å². The number of hydroxylamine groups is 1. The SMILES string of the molecule is CC(C(=O)NSN(C)O)c1ccc(OS(=O)(=O)C(F)(F)F)cc1. The molecule has 0 aliphatic heterocycles. The van der Waals surface area contributed by atoms with Gasteiger partial charge in [0.15, 0.2) is 0 Å². The zero-order valence-electron chi connectivity index (χ0n) is 11.9. The predicted molar refractivity (Wildman–Crippen MR) is 75.7 cm³/mol. The van der Waals surface area contributed by atoms with E-state index in [0.29, 0.717) is 22.2 Å². The largest absolute Gasteiger partial charge is 0.534 e. The highest BCUT2D eigenvalue weighted by molar-refractivity contribution is 7.95. The molecule has 1 amide bonds. The molecule has 12 heteroatoms. The minimum atomic E-state index is -5.73. The van der Waals surface area contributed by atoms with E-state index in [1.807, 2.05) is 0 Å². The topological polar surface area (TPSA) is 95.9 Å². The molecule has 0 aliphatic rings. The Bertz CT molecular complexity index is 647. The monoisotopic (exact) mass is 374 g/mol. The van der Waals surface area contributed by atoms with Crippen LogP contribution in [0.5, 0.6) is 5.75 Å². The molecule has 0 aliphatic carbocycles. The molecule has 1 aromatic rings. The van der Waals surface area contributed by atoms with Crippen LogP contribution in [0.2, 0.25) is 0 Å². The molecule has 130 valence electrons. The number of hydrogen-bond donors (Lipinski definition) is 2. The van der Waals surface area contributed by atoms with Crippen molar-refractivity contribution >= 4 is 28.2 Å². The number of benzene rings is 1. The predicted octanol–water partition coefficient (Wildman–Crippen LogP) is 2.02. The number of rotatable bonds is 6. The summed E-state index contributed by atoms with van der Waals surface area (Å²) in [6.45, 7) is 1.52. The van der Waals surface area contributed by atoms with Gasteiger partial charge >= 0.3 is 15.6 Å². The summed E-state index contributed by atoms with van der Waals surface area (Å²) in [6.07, 6.45) is 0. The number of nitrogens with one attached hydrogen (secondary N) is 1. The second kappa shape index (κ2) is 7.38. The Hall–Kier alpha value is -1.50. The van der Waals surface area contributed by atoms with Crippen molar-refractivity contribution in [2.75, 3.05) is 7.05 Å². The van der Waals surface area contributed by atoms with Crippen LogP contribution in [0.3, 0.4) is 0 Å². The first-order valence-corrected chi connectivity index (χ1v) is 8.12. The molecule has 0 radical (unpaired) electrons. The molecule has 7 nitrogen and oxygen atoms in total. The number of nitrogens with zero attached hydrogens (tertiary/aromatic N) is 1. The fraction of sp³-hybridized carbons (Fsp3) is 0.364. The van der Waals surface area contributed by atoms with Gasteiger partial charge < -0.3 is 9.39 Å². The Labute approximate surface area is 134 Å². The quantitative estimate of drug-likeness (QED) is 0.340. The summed E-state index contributed by atoms with van der Waals surface area (Å²) in [6, 6.07) is 4.54. The second-order valence-corrected chi connectivity index (χ2v) is 6.75. The molecule has 1 rings (SSSR count). The molecule has 0 saturated heterocycles. The van der Waals surface area contributed by atoms with Crippen LogP contribution < -0.4 is 8.91 Å². The Morgan fingerprint density at radius 3 is 2.30 bits per heavy atom. The van der Waals surface area contributed by atoms with Crippen LogP contribution in [-0.4, -0.2) is 36.6 Å². The van der Waals surface area contributed by atoms with Crippen molar-refractivity contribution in [3.8, 4) is 5.75 Å². The summed E-state index contributed by atoms with van der Waals surface area (Å²) in [5, 5.41) is 8.88. The standard InChI is InChI=1S/C11H13F3N2O5S2/c1-7(10(17)15-22-16(2)18)8-3-5-9(6-4-8)21-23(19,20)11(12,13)14/h3-7,18H,1-2H3,(H,15,17). The van der Waals surface area contributed by atoms with E-state index in [2.05, 4.69) is 8.91 Å². The molecular weight excluding hydrogens is 361 g/mol. The van der Waals surface area contributed by atoms with E-state index in [4.69, 9.17) is 5.21 Å². The molecule has 2 N–H and O–H groups in total. The summed E-state index contributed by atoms with van der Waals surface area (Å²) in [5.41, 5.74) is -5.10. The number of carbonyl (C=O) groups is 1. The lowest BCUT2D eigenvalue weighted by atomic mass is 10.0. The van der Waals surface area contributed by atoms with Crippen LogP contribution in [0.25, 0.3) is 0 Å². The summed E-state index contributed by atoms with van der Waals surface area (Å²) in [5.74, 6) is -1.67. The minimum absolute atomic E-state index is 0.417. The highest BCUT2D eigenvalue weighted by atomic mass is 32.2. The third-order valence-electron chi connectivity index (χ3n) is 2.54. The van der Waals surface area contributed by atoms with Gasteiger partial charge in [0.1, 0.15) is 5.75 Å². The van der Waals surface area contributed by atoms with Gasteiger partial charge in [-0.2, -0.15) is 21.6 Å². The number of alkyl halides is 3. The van der Waals surface area contributed by atoms with Gasteiger partial charge in [0.05, 0.1) is 18.1 Å². The Morgan fingerprint density at radius 2 is 1.87 bits per heavy atom. The average Bonchev–Trinajstić information content (AvgIpc) is 2.43. The van der Waals surface area contributed by atoms with E-state index in [-0.39, 0.29) is 0 Å². The fourth-order valence-electron chi connectivity index (χ4n) is 1.34. The van der Waals surface area contributed by atoms with Crippen LogP contribution in [0.4, 0.5) is 13.2 Å². The smallest absolute Gasteiger partial charge is 0.376 e. The van der Waals surface area contributed by atoms with Gasteiger partial charge in [-0.3, -0.25) is 9.52 Å². The average molecular weight is 374 g/mol. The van der Waals surface area contributed by atoms with Gasteiger partial charge in [-0.25, -0.2) is 0 Å². The first kappa shape index (κ1) is 19.5. The molecule has 0 spiro atoms. The Kier molecular flexibility index (Phi) is 6.27. The van der Waals surface area contributed by atoms with Crippen molar-refractivity contribution in [3.05, 3.63) is 29.8 Å². The number of halogens is 3. The fourth-order valence-corrected chi connectivity index (χ4v) is 2.19. The third kappa shape index (κ3) is 5.57. The van der Waals surface area contributed by atoms with Gasteiger partial charge in [-0.05, 0) is 24.6 Å². The minimum Gasteiger partial charge on any atom is -0.376 e. The Balaban J connectivity index is 2.79. The van der Waals surface area contributed by atoms with Crippen molar-refractivity contribution < 1.29 is 35.8 Å². The Morgan fingerprint density at radius 1 is 1.35 bits per heavy atom. The van der Waals surface area contributed by atoms with Gasteiger partial charge in [-0.15, -0.1) is 4.47 Å². The maximum Gasteiger partial charge on any atom is 0.534 e. The van der Waals surface area contributed by atoms with Gasteiger partial charge in [0.25, 0.3) is 0 Å². The molecule has 0 saturated carbocycles. The molecule has 1 unspecified atom stereocenters. The molecule has 0 heterocycles. The molecular formula is C11H13F3N2O5S2. The van der Waals surface area contributed by atoms with Crippen molar-refractivity contribution in [1.29, 1.82) is 0 Å². The number of amides is 1. The molecule has 1 aromatic carbocycles. The molecule has 1 atom stereocenters.